The number of nitrogens with one attached hydrogen (secondary N) is 1. The number of carbonyl (C=O) groups excluding carboxylic acids is 1. The first-order valence-corrected chi connectivity index (χ1v) is 8.65. The summed E-state index contributed by atoms with van der Waals surface area (Å²) in [6.07, 6.45) is 5.80. The smallest absolute Gasteiger partial charge is 0.244 e. The molecule has 0 unspecified atom stereocenters. The summed E-state index contributed by atoms with van der Waals surface area (Å²) >= 11 is 0. The molecule has 1 atom stereocenters. The standard InChI is InChI=1S/C22H19N3O/c26-21(25-24-16-17-8-7-13-23-15-17)20-14-22(20,18-9-3-1-4-10-18)19-11-5-2-6-12-19/h1-13,15-16,20H,14H2,(H,25,26)/b24-16-/t20-/m0/s1. The van der Waals surface area contributed by atoms with Crippen LogP contribution in [0.1, 0.15) is 23.1 Å². The van der Waals surface area contributed by atoms with Crippen LogP contribution in [0.5, 0.6) is 0 Å². The third-order valence-electron chi connectivity index (χ3n) is 4.93. The highest BCUT2D eigenvalue weighted by molar-refractivity contribution is 5.87. The summed E-state index contributed by atoms with van der Waals surface area (Å²) in [5.74, 6) is -0.184. The van der Waals surface area contributed by atoms with Gasteiger partial charge in [0, 0.05) is 23.4 Å². The molecule has 0 saturated heterocycles. The van der Waals surface area contributed by atoms with Gasteiger partial charge in [-0.15, -0.1) is 0 Å². The number of pyridine rings is 1. The first-order chi connectivity index (χ1) is 12.8. The van der Waals surface area contributed by atoms with Crippen molar-refractivity contribution in [2.75, 3.05) is 0 Å². The van der Waals surface area contributed by atoms with Crippen molar-refractivity contribution < 1.29 is 4.79 Å². The molecule has 0 spiro atoms. The Bertz CT molecular complexity index is 868. The largest absolute Gasteiger partial charge is 0.273 e. The summed E-state index contributed by atoms with van der Waals surface area (Å²) in [4.78, 5) is 16.7. The summed E-state index contributed by atoms with van der Waals surface area (Å²) in [6.45, 7) is 0. The maximum atomic E-state index is 12.7. The molecular formula is C22H19N3O. The molecule has 2 aromatic carbocycles. The molecule has 1 aromatic heterocycles. The molecule has 1 saturated carbocycles. The predicted molar refractivity (Wildman–Crippen MR) is 102 cm³/mol. The Morgan fingerprint density at radius 3 is 2.23 bits per heavy atom. The molecule has 1 aliphatic carbocycles. The predicted octanol–water partition coefficient (Wildman–Crippen LogP) is 3.54. The summed E-state index contributed by atoms with van der Waals surface area (Å²) in [5.41, 5.74) is 5.61. The Balaban J connectivity index is 1.55. The van der Waals surface area contributed by atoms with Crippen LogP contribution in [-0.2, 0) is 10.2 Å². The molecule has 1 fully saturated rings. The van der Waals surface area contributed by atoms with Crippen molar-refractivity contribution in [2.45, 2.75) is 11.8 Å². The van der Waals surface area contributed by atoms with Crippen LogP contribution in [0.3, 0.4) is 0 Å². The lowest BCUT2D eigenvalue weighted by Gasteiger charge is -2.18. The van der Waals surface area contributed by atoms with Crippen LogP contribution in [0.15, 0.2) is 90.3 Å². The maximum Gasteiger partial charge on any atom is 0.244 e. The van der Waals surface area contributed by atoms with E-state index in [4.69, 9.17) is 0 Å². The molecule has 1 N–H and O–H groups in total. The fraction of sp³-hybridized carbons (Fsp3) is 0.136. The van der Waals surface area contributed by atoms with Crippen molar-refractivity contribution in [3.8, 4) is 0 Å². The number of carbonyl (C=O) groups is 1. The topological polar surface area (TPSA) is 54.4 Å². The molecule has 3 aromatic rings. The minimum atomic E-state index is -0.267. The van der Waals surface area contributed by atoms with Gasteiger partial charge in [-0.3, -0.25) is 9.78 Å². The lowest BCUT2D eigenvalue weighted by molar-refractivity contribution is -0.122. The van der Waals surface area contributed by atoms with Gasteiger partial charge in [-0.1, -0.05) is 66.7 Å². The van der Waals surface area contributed by atoms with Crippen molar-refractivity contribution in [1.82, 2.24) is 10.4 Å². The molecule has 0 radical (unpaired) electrons. The van der Waals surface area contributed by atoms with Gasteiger partial charge in [0.2, 0.25) is 5.91 Å². The van der Waals surface area contributed by atoms with Crippen LogP contribution < -0.4 is 5.43 Å². The van der Waals surface area contributed by atoms with Gasteiger partial charge in [0.05, 0.1) is 12.1 Å². The molecule has 26 heavy (non-hydrogen) atoms. The summed E-state index contributed by atoms with van der Waals surface area (Å²) in [5, 5.41) is 4.09. The minimum absolute atomic E-state index is 0.0575. The monoisotopic (exact) mass is 341 g/mol. The zero-order valence-electron chi connectivity index (χ0n) is 14.2. The van der Waals surface area contributed by atoms with E-state index in [2.05, 4.69) is 39.8 Å². The average Bonchev–Trinajstić information content (AvgIpc) is 3.47. The molecule has 1 aliphatic rings. The molecule has 0 bridgehead atoms. The lowest BCUT2D eigenvalue weighted by Crippen LogP contribution is -2.25. The van der Waals surface area contributed by atoms with E-state index in [9.17, 15) is 4.79 Å². The Morgan fingerprint density at radius 2 is 1.65 bits per heavy atom. The van der Waals surface area contributed by atoms with E-state index in [1.807, 2.05) is 48.5 Å². The fourth-order valence-corrected chi connectivity index (χ4v) is 3.56. The van der Waals surface area contributed by atoms with E-state index < -0.39 is 0 Å². The van der Waals surface area contributed by atoms with Gasteiger partial charge in [-0.2, -0.15) is 5.10 Å². The number of nitrogens with zero attached hydrogens (tertiary/aromatic N) is 2. The molecule has 0 aliphatic heterocycles. The van der Waals surface area contributed by atoms with Crippen molar-refractivity contribution in [3.63, 3.8) is 0 Å². The van der Waals surface area contributed by atoms with Gasteiger partial charge in [0.15, 0.2) is 0 Å². The van der Waals surface area contributed by atoms with E-state index in [-0.39, 0.29) is 17.2 Å². The number of rotatable bonds is 5. The van der Waals surface area contributed by atoms with Gasteiger partial charge < -0.3 is 0 Å². The number of amides is 1. The quantitative estimate of drug-likeness (QED) is 0.570. The zero-order chi connectivity index (χ0) is 17.8. The Labute approximate surface area is 152 Å². The molecule has 4 heteroatoms. The minimum Gasteiger partial charge on any atom is -0.273 e. The highest BCUT2D eigenvalue weighted by Crippen LogP contribution is 2.58. The van der Waals surface area contributed by atoms with Gasteiger partial charge >= 0.3 is 0 Å². The average molecular weight is 341 g/mol. The maximum absolute atomic E-state index is 12.7. The first kappa shape index (κ1) is 16.2. The van der Waals surface area contributed by atoms with Crippen LogP contribution in [-0.4, -0.2) is 17.1 Å². The highest BCUT2D eigenvalue weighted by Gasteiger charge is 2.60. The second-order valence-electron chi connectivity index (χ2n) is 6.48. The fourth-order valence-electron chi connectivity index (χ4n) is 3.56. The first-order valence-electron chi connectivity index (χ1n) is 8.65. The second kappa shape index (κ2) is 6.92. The normalized spacial score (nSPS) is 17.8. The van der Waals surface area contributed by atoms with E-state index in [0.29, 0.717) is 0 Å². The lowest BCUT2D eigenvalue weighted by atomic mass is 9.85. The number of hydrogen-bond acceptors (Lipinski definition) is 3. The summed E-state index contributed by atoms with van der Waals surface area (Å²) < 4.78 is 0. The van der Waals surface area contributed by atoms with Crippen molar-refractivity contribution in [3.05, 3.63) is 102 Å². The Hall–Kier alpha value is -3.27. The number of hydrogen-bond donors (Lipinski definition) is 1. The van der Waals surface area contributed by atoms with Crippen molar-refractivity contribution in [2.24, 2.45) is 11.0 Å². The summed E-state index contributed by atoms with van der Waals surface area (Å²) in [7, 11) is 0. The highest BCUT2D eigenvalue weighted by atomic mass is 16.2. The Kier molecular flexibility index (Phi) is 4.32. The molecule has 1 amide bonds. The van der Waals surface area contributed by atoms with Gasteiger partial charge in [-0.05, 0) is 23.6 Å². The van der Waals surface area contributed by atoms with Gasteiger partial charge in [0.25, 0.3) is 0 Å². The van der Waals surface area contributed by atoms with Crippen molar-refractivity contribution >= 4 is 12.1 Å². The van der Waals surface area contributed by atoms with Crippen LogP contribution in [0.25, 0.3) is 0 Å². The van der Waals surface area contributed by atoms with E-state index in [1.165, 1.54) is 11.1 Å². The van der Waals surface area contributed by atoms with E-state index >= 15 is 0 Å². The van der Waals surface area contributed by atoms with E-state index in [1.54, 1.807) is 18.6 Å². The molecular weight excluding hydrogens is 322 g/mol. The SMILES string of the molecule is O=C(N/N=C\c1cccnc1)[C@@H]1CC1(c1ccccc1)c1ccccc1. The van der Waals surface area contributed by atoms with Crippen LogP contribution in [0, 0.1) is 5.92 Å². The van der Waals surface area contributed by atoms with Crippen molar-refractivity contribution in [1.29, 1.82) is 0 Å². The molecule has 128 valence electrons. The molecule has 1 heterocycles. The third-order valence-corrected chi connectivity index (χ3v) is 4.93. The zero-order valence-corrected chi connectivity index (χ0v) is 14.2. The number of benzene rings is 2. The van der Waals surface area contributed by atoms with Crippen LogP contribution in [0.2, 0.25) is 0 Å². The second-order valence-corrected chi connectivity index (χ2v) is 6.48. The molecule has 4 rings (SSSR count). The summed E-state index contributed by atoms with van der Waals surface area (Å²) in [6, 6.07) is 24.2. The van der Waals surface area contributed by atoms with Gasteiger partial charge in [-0.25, -0.2) is 5.43 Å². The van der Waals surface area contributed by atoms with Crippen LogP contribution >= 0.6 is 0 Å². The number of aromatic nitrogens is 1. The van der Waals surface area contributed by atoms with Crippen LogP contribution in [0.4, 0.5) is 0 Å². The van der Waals surface area contributed by atoms with Gasteiger partial charge in [0.1, 0.15) is 0 Å². The third kappa shape index (κ3) is 3.02. The number of hydrazone groups is 1. The van der Waals surface area contributed by atoms with E-state index in [0.717, 1.165) is 12.0 Å². The Morgan fingerprint density at radius 1 is 1.00 bits per heavy atom. The molecule has 4 nitrogen and oxygen atoms in total.